The number of benzene rings is 1. The van der Waals surface area contributed by atoms with Crippen LogP contribution in [0.15, 0.2) is 44.0 Å². The molecule has 2 rings (SSSR count). The summed E-state index contributed by atoms with van der Waals surface area (Å²) >= 11 is 0. The molecule has 0 radical (unpaired) electrons. The van der Waals surface area contributed by atoms with Crippen LogP contribution in [0.1, 0.15) is 37.8 Å². The van der Waals surface area contributed by atoms with Crippen molar-refractivity contribution >= 4 is 11.5 Å². The van der Waals surface area contributed by atoms with Crippen LogP contribution in [0.25, 0.3) is 5.70 Å². The fourth-order valence-electron chi connectivity index (χ4n) is 2.83. The predicted molar refractivity (Wildman–Crippen MR) is 91.0 cm³/mol. The van der Waals surface area contributed by atoms with Crippen LogP contribution in [0.5, 0.6) is 0 Å². The minimum Gasteiger partial charge on any atom is -0.382 e. The van der Waals surface area contributed by atoms with Gasteiger partial charge in [0.15, 0.2) is 0 Å². The van der Waals surface area contributed by atoms with Crippen LogP contribution < -0.4 is 5.32 Å². The highest BCUT2D eigenvalue weighted by atomic mass is 16.1. The van der Waals surface area contributed by atoms with Gasteiger partial charge in [0.05, 0.1) is 0 Å². The molecule has 2 heteroatoms. The van der Waals surface area contributed by atoms with Gasteiger partial charge in [0, 0.05) is 24.1 Å². The van der Waals surface area contributed by atoms with Gasteiger partial charge in [-0.05, 0) is 30.4 Å². The number of nitrogens with one attached hydrogen (secondary N) is 1. The van der Waals surface area contributed by atoms with E-state index < -0.39 is 0 Å². The molecule has 0 aromatic heterocycles. The molecule has 1 aromatic rings. The zero-order valence-corrected chi connectivity index (χ0v) is 13.5. The summed E-state index contributed by atoms with van der Waals surface area (Å²) in [7, 11) is 0. The maximum Gasteiger partial charge on any atom is 0.138 e. The maximum absolute atomic E-state index is 11.9. The highest BCUT2D eigenvalue weighted by Gasteiger charge is 2.31. The van der Waals surface area contributed by atoms with Crippen LogP contribution in [0.2, 0.25) is 0 Å². The van der Waals surface area contributed by atoms with Crippen molar-refractivity contribution in [3.63, 3.8) is 0 Å². The van der Waals surface area contributed by atoms with E-state index in [1.165, 1.54) is 5.56 Å². The van der Waals surface area contributed by atoms with E-state index in [4.69, 9.17) is 0 Å². The molecule has 3 atom stereocenters. The van der Waals surface area contributed by atoms with Gasteiger partial charge >= 0.3 is 0 Å². The van der Waals surface area contributed by atoms with Crippen LogP contribution in [-0.2, 0) is 4.79 Å². The van der Waals surface area contributed by atoms with E-state index in [2.05, 4.69) is 51.0 Å². The Kier molecular flexibility index (Phi) is 6.41. The summed E-state index contributed by atoms with van der Waals surface area (Å²) in [6, 6.07) is 8.43. The summed E-state index contributed by atoms with van der Waals surface area (Å²) in [4.78, 5) is 11.9. The first kappa shape index (κ1) is 17.2. The van der Waals surface area contributed by atoms with Crippen LogP contribution in [0, 0.1) is 18.8 Å². The Morgan fingerprint density at radius 2 is 1.86 bits per heavy atom. The lowest BCUT2D eigenvalue weighted by atomic mass is 9.78. The van der Waals surface area contributed by atoms with E-state index in [1.54, 1.807) is 0 Å². The molecule has 1 N–H and O–H groups in total. The lowest BCUT2D eigenvalue weighted by Gasteiger charge is -2.32. The minimum atomic E-state index is 0.199. The van der Waals surface area contributed by atoms with Gasteiger partial charge in [-0.1, -0.05) is 44.7 Å². The average Bonchev–Trinajstić information content (AvgIpc) is 2.47. The Bertz CT molecular complexity index is 506. The van der Waals surface area contributed by atoms with Gasteiger partial charge in [-0.2, -0.15) is 0 Å². The van der Waals surface area contributed by atoms with Crippen LogP contribution >= 0.6 is 0 Å². The SMILES string of the molecule is C=C.C=C(NC1CC(=O)C(C)C(C)C1)c1ccccc1C. The van der Waals surface area contributed by atoms with Crippen molar-refractivity contribution in [1.82, 2.24) is 5.32 Å². The largest absolute Gasteiger partial charge is 0.382 e. The monoisotopic (exact) mass is 285 g/mol. The fourth-order valence-corrected chi connectivity index (χ4v) is 2.83. The van der Waals surface area contributed by atoms with Gasteiger partial charge < -0.3 is 5.32 Å². The standard InChI is InChI=1S/C17H23NO.C2H4/c1-11-7-5-6-8-16(11)14(4)18-15-9-12(2)13(3)17(19)10-15;1-2/h5-8,12-13,15,18H,4,9-10H2,1-3H3;1-2H2. The summed E-state index contributed by atoms with van der Waals surface area (Å²) in [5, 5.41) is 3.44. The molecule has 0 saturated heterocycles. The second-order valence-electron chi connectivity index (χ2n) is 5.81. The molecule has 1 aliphatic carbocycles. The number of rotatable bonds is 3. The first-order chi connectivity index (χ1) is 9.99. The molecule has 1 aliphatic rings. The fraction of sp³-hybridized carbons (Fsp3) is 0.421. The smallest absolute Gasteiger partial charge is 0.138 e. The summed E-state index contributed by atoms with van der Waals surface area (Å²) in [5.41, 5.74) is 3.28. The first-order valence-corrected chi connectivity index (χ1v) is 7.53. The van der Waals surface area contributed by atoms with E-state index in [0.717, 1.165) is 17.7 Å². The normalized spacial score (nSPS) is 24.7. The van der Waals surface area contributed by atoms with Crippen molar-refractivity contribution < 1.29 is 4.79 Å². The van der Waals surface area contributed by atoms with E-state index in [0.29, 0.717) is 18.1 Å². The van der Waals surface area contributed by atoms with E-state index in [1.807, 2.05) is 19.1 Å². The third-order valence-electron chi connectivity index (χ3n) is 4.31. The summed E-state index contributed by atoms with van der Waals surface area (Å²) in [5.74, 6) is 1.02. The van der Waals surface area contributed by atoms with Crippen LogP contribution in [-0.4, -0.2) is 11.8 Å². The molecule has 1 fully saturated rings. The molecular formula is C19H27NO. The average molecular weight is 285 g/mol. The lowest BCUT2D eigenvalue weighted by molar-refractivity contribution is -0.126. The highest BCUT2D eigenvalue weighted by Crippen LogP contribution is 2.28. The number of carbonyl (C=O) groups is 1. The molecule has 1 aromatic carbocycles. The van der Waals surface area contributed by atoms with Crippen molar-refractivity contribution in [2.75, 3.05) is 0 Å². The number of hydrogen-bond donors (Lipinski definition) is 1. The topological polar surface area (TPSA) is 29.1 Å². The number of carbonyl (C=O) groups excluding carboxylic acids is 1. The third-order valence-corrected chi connectivity index (χ3v) is 4.31. The predicted octanol–water partition coefficient (Wildman–Crippen LogP) is 4.36. The summed E-state index contributed by atoms with van der Waals surface area (Å²) < 4.78 is 0. The van der Waals surface area contributed by atoms with Gasteiger partial charge in [-0.25, -0.2) is 0 Å². The highest BCUT2D eigenvalue weighted by molar-refractivity contribution is 5.82. The number of aryl methyl sites for hydroxylation is 1. The Hall–Kier alpha value is -1.83. The molecule has 21 heavy (non-hydrogen) atoms. The Balaban J connectivity index is 0.00000106. The van der Waals surface area contributed by atoms with Crippen molar-refractivity contribution in [2.24, 2.45) is 11.8 Å². The summed E-state index contributed by atoms with van der Waals surface area (Å²) in [6.07, 6.45) is 1.66. The Morgan fingerprint density at radius 3 is 2.43 bits per heavy atom. The molecular weight excluding hydrogens is 258 g/mol. The molecule has 0 heterocycles. The molecule has 0 amide bonds. The minimum absolute atomic E-state index is 0.199. The van der Waals surface area contributed by atoms with Gasteiger partial charge in [-0.15, -0.1) is 13.2 Å². The van der Waals surface area contributed by atoms with Gasteiger partial charge in [0.25, 0.3) is 0 Å². The summed E-state index contributed by atoms with van der Waals surface area (Å²) in [6.45, 7) is 16.4. The second kappa shape index (κ2) is 7.82. The molecule has 0 bridgehead atoms. The van der Waals surface area contributed by atoms with Crippen LogP contribution in [0.4, 0.5) is 0 Å². The Labute approximate surface area is 129 Å². The lowest BCUT2D eigenvalue weighted by Crippen LogP contribution is -2.40. The van der Waals surface area contributed by atoms with Crippen molar-refractivity contribution in [3.8, 4) is 0 Å². The molecule has 0 aliphatic heterocycles. The Morgan fingerprint density at radius 1 is 1.24 bits per heavy atom. The van der Waals surface area contributed by atoms with Gasteiger partial charge in [0.1, 0.15) is 5.78 Å². The van der Waals surface area contributed by atoms with Gasteiger partial charge in [0.2, 0.25) is 0 Å². The van der Waals surface area contributed by atoms with Gasteiger partial charge in [-0.3, -0.25) is 4.79 Å². The van der Waals surface area contributed by atoms with Crippen molar-refractivity contribution in [2.45, 2.75) is 39.7 Å². The molecule has 114 valence electrons. The quantitative estimate of drug-likeness (QED) is 0.836. The molecule has 0 spiro atoms. The number of hydrogen-bond acceptors (Lipinski definition) is 2. The van der Waals surface area contributed by atoms with E-state index >= 15 is 0 Å². The zero-order chi connectivity index (χ0) is 16.0. The van der Waals surface area contributed by atoms with Crippen LogP contribution in [0.3, 0.4) is 0 Å². The number of Topliss-reactive ketones (excluding diaryl/α,β-unsaturated/α-hetero) is 1. The van der Waals surface area contributed by atoms with Crippen molar-refractivity contribution in [1.29, 1.82) is 0 Å². The second-order valence-corrected chi connectivity index (χ2v) is 5.81. The zero-order valence-electron chi connectivity index (χ0n) is 13.5. The van der Waals surface area contributed by atoms with E-state index in [-0.39, 0.29) is 12.0 Å². The van der Waals surface area contributed by atoms with Crippen molar-refractivity contribution in [3.05, 3.63) is 55.1 Å². The molecule has 2 nitrogen and oxygen atoms in total. The first-order valence-electron chi connectivity index (χ1n) is 7.53. The third kappa shape index (κ3) is 4.32. The molecule has 3 unspecified atom stereocenters. The number of ketones is 1. The van der Waals surface area contributed by atoms with E-state index in [9.17, 15) is 4.79 Å². The maximum atomic E-state index is 11.9. The molecule has 1 saturated carbocycles.